The number of hydrogen-bond acceptors (Lipinski definition) is 3. The highest BCUT2D eigenvalue weighted by Crippen LogP contribution is 2.36. The Morgan fingerprint density at radius 1 is 1.12 bits per heavy atom. The predicted octanol–water partition coefficient (Wildman–Crippen LogP) is 4.36. The summed E-state index contributed by atoms with van der Waals surface area (Å²) in [6, 6.07) is 12.8. The maximum absolute atomic E-state index is 11.6. The lowest BCUT2D eigenvalue weighted by atomic mass is 10.2. The molecule has 0 spiro atoms. The molecule has 0 saturated carbocycles. The first kappa shape index (κ1) is 18.4. The Bertz CT molecular complexity index is 793. The van der Waals surface area contributed by atoms with Crippen LogP contribution < -0.4 is 5.32 Å². The quantitative estimate of drug-likeness (QED) is 0.729. The molecule has 0 aliphatic carbocycles. The van der Waals surface area contributed by atoms with Crippen LogP contribution in [-0.4, -0.2) is 23.5 Å². The monoisotopic (exact) mass is 381 g/mol. The first-order chi connectivity index (χ1) is 11.5. The maximum Gasteiger partial charge on any atom is 0.322 e. The molecule has 124 valence electrons. The van der Waals surface area contributed by atoms with Gasteiger partial charge in [0.15, 0.2) is 0 Å². The number of nitrogens with one attached hydrogen (secondary N) is 1. The van der Waals surface area contributed by atoms with Crippen LogP contribution in [0.15, 0.2) is 58.3 Å². The van der Waals surface area contributed by atoms with E-state index in [4.69, 9.17) is 28.3 Å². The van der Waals surface area contributed by atoms with E-state index in [0.29, 0.717) is 10.0 Å². The number of aliphatic carboxylic acids is 1. The third-order valence-electron chi connectivity index (χ3n) is 2.86. The second-order valence-electron chi connectivity index (χ2n) is 4.66. The highest BCUT2D eigenvalue weighted by atomic mass is 35.5. The van der Waals surface area contributed by atoms with Crippen LogP contribution in [0.4, 0.5) is 0 Å². The largest absolute Gasteiger partial charge is 0.480 e. The van der Waals surface area contributed by atoms with Crippen molar-refractivity contribution in [1.82, 2.24) is 5.32 Å². The molecule has 0 bridgehead atoms. The van der Waals surface area contributed by atoms with E-state index in [9.17, 15) is 9.59 Å². The number of halogens is 2. The van der Waals surface area contributed by atoms with Crippen LogP contribution in [-0.2, 0) is 9.59 Å². The van der Waals surface area contributed by atoms with Gasteiger partial charge in [0.05, 0.1) is 5.02 Å². The fourth-order valence-corrected chi connectivity index (χ4v) is 3.23. The highest BCUT2D eigenvalue weighted by Gasteiger charge is 2.07. The van der Waals surface area contributed by atoms with E-state index in [0.717, 1.165) is 15.4 Å². The molecular weight excluding hydrogens is 369 g/mol. The summed E-state index contributed by atoms with van der Waals surface area (Å²) in [7, 11) is 0. The summed E-state index contributed by atoms with van der Waals surface area (Å²) in [5.41, 5.74) is 0.819. The lowest BCUT2D eigenvalue weighted by Gasteiger charge is -2.07. The van der Waals surface area contributed by atoms with Gasteiger partial charge in [0.2, 0.25) is 5.91 Å². The van der Waals surface area contributed by atoms with Gasteiger partial charge in [0.1, 0.15) is 6.54 Å². The summed E-state index contributed by atoms with van der Waals surface area (Å²) >= 11 is 13.5. The molecule has 0 heterocycles. The van der Waals surface area contributed by atoms with Crippen LogP contribution in [0.5, 0.6) is 0 Å². The molecule has 4 nitrogen and oxygen atoms in total. The van der Waals surface area contributed by atoms with Gasteiger partial charge in [0.25, 0.3) is 0 Å². The van der Waals surface area contributed by atoms with Gasteiger partial charge in [-0.2, -0.15) is 0 Å². The SMILES string of the molecule is O=C(O)CNC(=O)/C=C/c1ccccc1Sc1ccc(Cl)cc1Cl. The number of carbonyl (C=O) groups is 2. The highest BCUT2D eigenvalue weighted by molar-refractivity contribution is 7.99. The molecule has 2 rings (SSSR count). The van der Waals surface area contributed by atoms with Crippen LogP contribution in [0.1, 0.15) is 5.56 Å². The molecule has 7 heteroatoms. The van der Waals surface area contributed by atoms with Crippen molar-refractivity contribution in [1.29, 1.82) is 0 Å². The van der Waals surface area contributed by atoms with E-state index in [1.54, 1.807) is 18.2 Å². The van der Waals surface area contributed by atoms with Crippen molar-refractivity contribution >= 4 is 52.9 Å². The number of carboxylic acid groups (broad SMARTS) is 1. The number of carbonyl (C=O) groups excluding carboxylic acids is 1. The molecule has 0 aliphatic rings. The number of amides is 1. The number of hydrogen-bond donors (Lipinski definition) is 2. The van der Waals surface area contributed by atoms with Crippen molar-refractivity contribution in [3.05, 3.63) is 64.1 Å². The molecule has 24 heavy (non-hydrogen) atoms. The van der Waals surface area contributed by atoms with Gasteiger partial charge in [-0.15, -0.1) is 0 Å². The molecule has 0 radical (unpaired) electrons. The van der Waals surface area contributed by atoms with Crippen molar-refractivity contribution in [2.24, 2.45) is 0 Å². The molecule has 0 aromatic heterocycles. The fourth-order valence-electron chi connectivity index (χ4n) is 1.77. The van der Waals surface area contributed by atoms with E-state index >= 15 is 0 Å². The van der Waals surface area contributed by atoms with Gasteiger partial charge >= 0.3 is 5.97 Å². The smallest absolute Gasteiger partial charge is 0.322 e. The molecular formula is C17H13Cl2NO3S. The van der Waals surface area contributed by atoms with Gasteiger partial charge in [0, 0.05) is 20.9 Å². The Morgan fingerprint density at radius 3 is 2.58 bits per heavy atom. The van der Waals surface area contributed by atoms with Gasteiger partial charge in [-0.05, 0) is 35.9 Å². The zero-order valence-electron chi connectivity index (χ0n) is 12.3. The van der Waals surface area contributed by atoms with Gasteiger partial charge in [-0.25, -0.2) is 0 Å². The lowest BCUT2D eigenvalue weighted by molar-refractivity contribution is -0.137. The molecule has 0 fully saturated rings. The average molecular weight is 382 g/mol. The summed E-state index contributed by atoms with van der Waals surface area (Å²) in [5, 5.41) is 11.9. The number of rotatable bonds is 6. The lowest BCUT2D eigenvalue weighted by Crippen LogP contribution is -2.27. The Hall–Kier alpha value is -1.95. The summed E-state index contributed by atoms with van der Waals surface area (Å²) in [5.74, 6) is -1.56. The molecule has 2 N–H and O–H groups in total. The Balaban J connectivity index is 2.15. The zero-order valence-corrected chi connectivity index (χ0v) is 14.7. The molecule has 0 unspecified atom stereocenters. The topological polar surface area (TPSA) is 66.4 Å². The summed E-state index contributed by atoms with van der Waals surface area (Å²) in [6.07, 6.45) is 2.93. The van der Waals surface area contributed by atoms with Crippen LogP contribution >= 0.6 is 35.0 Å². The second kappa shape index (κ2) is 8.78. The summed E-state index contributed by atoms with van der Waals surface area (Å²) in [4.78, 5) is 23.8. The molecule has 0 saturated heterocycles. The van der Waals surface area contributed by atoms with Crippen LogP contribution in [0.2, 0.25) is 10.0 Å². The Labute approximate surface area is 153 Å². The van der Waals surface area contributed by atoms with Crippen molar-refractivity contribution in [3.63, 3.8) is 0 Å². The van der Waals surface area contributed by atoms with E-state index in [2.05, 4.69) is 5.32 Å². The van der Waals surface area contributed by atoms with Crippen LogP contribution in [0.25, 0.3) is 6.08 Å². The van der Waals surface area contributed by atoms with E-state index in [1.807, 2.05) is 30.3 Å². The maximum atomic E-state index is 11.6. The van der Waals surface area contributed by atoms with Crippen LogP contribution in [0.3, 0.4) is 0 Å². The zero-order chi connectivity index (χ0) is 17.5. The predicted molar refractivity (Wildman–Crippen MR) is 96.7 cm³/mol. The van der Waals surface area contributed by atoms with E-state index < -0.39 is 18.4 Å². The molecule has 0 aliphatic heterocycles. The molecule has 1 amide bonds. The average Bonchev–Trinajstić information content (AvgIpc) is 2.54. The third-order valence-corrected chi connectivity index (χ3v) is 4.69. The molecule has 0 atom stereocenters. The third kappa shape index (κ3) is 5.60. The fraction of sp³-hybridized carbons (Fsp3) is 0.0588. The normalized spacial score (nSPS) is 10.8. The van der Waals surface area contributed by atoms with E-state index in [1.165, 1.54) is 17.8 Å². The minimum absolute atomic E-state index is 0.417. The number of benzene rings is 2. The van der Waals surface area contributed by atoms with E-state index in [-0.39, 0.29) is 0 Å². The summed E-state index contributed by atoms with van der Waals surface area (Å²) in [6.45, 7) is -0.417. The van der Waals surface area contributed by atoms with Gasteiger partial charge < -0.3 is 10.4 Å². The van der Waals surface area contributed by atoms with Gasteiger partial charge in [-0.1, -0.05) is 53.2 Å². The van der Waals surface area contributed by atoms with Crippen molar-refractivity contribution in [3.8, 4) is 0 Å². The van der Waals surface area contributed by atoms with Crippen molar-refractivity contribution in [2.75, 3.05) is 6.54 Å². The first-order valence-corrected chi connectivity index (χ1v) is 8.42. The minimum Gasteiger partial charge on any atom is -0.480 e. The van der Waals surface area contributed by atoms with Gasteiger partial charge in [-0.3, -0.25) is 9.59 Å². The Kier molecular flexibility index (Phi) is 6.73. The Morgan fingerprint density at radius 2 is 1.88 bits per heavy atom. The first-order valence-electron chi connectivity index (χ1n) is 6.85. The second-order valence-corrected chi connectivity index (χ2v) is 6.59. The minimum atomic E-state index is -1.09. The molecule has 2 aromatic rings. The standard InChI is InChI=1S/C17H13Cl2NO3S/c18-12-6-7-15(13(19)9-12)24-14-4-2-1-3-11(14)5-8-16(21)20-10-17(22)23/h1-9H,10H2,(H,20,21)(H,22,23)/b8-5+. The van der Waals surface area contributed by atoms with Crippen molar-refractivity contribution < 1.29 is 14.7 Å². The van der Waals surface area contributed by atoms with Crippen molar-refractivity contribution in [2.45, 2.75) is 9.79 Å². The summed E-state index contributed by atoms with van der Waals surface area (Å²) < 4.78 is 0. The van der Waals surface area contributed by atoms with Crippen LogP contribution in [0, 0.1) is 0 Å². The molecule has 2 aromatic carbocycles. The number of carboxylic acids is 1.